The number of anilines is 1. The predicted molar refractivity (Wildman–Crippen MR) is 82.7 cm³/mol. The lowest BCUT2D eigenvalue weighted by atomic mass is 10.2. The molecule has 0 bridgehead atoms. The highest BCUT2D eigenvalue weighted by atomic mass is 32.2. The molecule has 19 heavy (non-hydrogen) atoms. The number of nitrogens with one attached hydrogen (secondary N) is 1. The quantitative estimate of drug-likeness (QED) is 0.867. The van der Waals surface area contributed by atoms with Gasteiger partial charge in [-0.05, 0) is 42.4 Å². The third-order valence-corrected chi connectivity index (χ3v) is 8.30. The Morgan fingerprint density at radius 1 is 1.11 bits per heavy atom. The lowest BCUT2D eigenvalue weighted by Crippen LogP contribution is -2.43. The van der Waals surface area contributed by atoms with Gasteiger partial charge in [-0.2, -0.15) is 0 Å². The Morgan fingerprint density at radius 2 is 1.58 bits per heavy atom. The van der Waals surface area contributed by atoms with Crippen LogP contribution in [-0.4, -0.2) is 23.0 Å². The lowest BCUT2D eigenvalue weighted by Gasteiger charge is -2.36. The summed E-state index contributed by atoms with van der Waals surface area (Å²) in [5.41, 5.74) is 0.546. The minimum absolute atomic E-state index is 0.136. The summed E-state index contributed by atoms with van der Waals surface area (Å²) in [5, 5.41) is 0.136. The topological polar surface area (TPSA) is 55.4 Å². The van der Waals surface area contributed by atoms with Crippen LogP contribution in [0.3, 0.4) is 0 Å². The van der Waals surface area contributed by atoms with Gasteiger partial charge in [-0.25, -0.2) is 8.42 Å². The molecule has 0 fully saturated rings. The summed E-state index contributed by atoms with van der Waals surface area (Å²) in [6, 6.07) is 7.02. The van der Waals surface area contributed by atoms with Crippen molar-refractivity contribution < 1.29 is 12.8 Å². The van der Waals surface area contributed by atoms with Crippen LogP contribution in [0.15, 0.2) is 24.3 Å². The van der Waals surface area contributed by atoms with Gasteiger partial charge in [-0.1, -0.05) is 20.8 Å². The Morgan fingerprint density at radius 3 is 1.95 bits per heavy atom. The standard InChI is InChI=1S/C13H23NO3SSi/c1-13(2,3)19(5,6)17-12-9-7-11(8-10-12)14-18(4,15)16/h7-10,14H,1-6H3. The third kappa shape index (κ3) is 4.87. The van der Waals surface area contributed by atoms with Crippen molar-refractivity contribution in [2.75, 3.05) is 11.0 Å². The molecule has 6 heteroatoms. The number of hydrogen-bond acceptors (Lipinski definition) is 3. The molecule has 0 radical (unpaired) electrons. The molecule has 0 heterocycles. The average Bonchev–Trinajstić information content (AvgIpc) is 2.16. The van der Waals surface area contributed by atoms with Crippen molar-refractivity contribution in [1.82, 2.24) is 0 Å². The maximum Gasteiger partial charge on any atom is 0.250 e. The minimum Gasteiger partial charge on any atom is -0.544 e. The largest absolute Gasteiger partial charge is 0.544 e. The fourth-order valence-electron chi connectivity index (χ4n) is 1.25. The molecule has 108 valence electrons. The van der Waals surface area contributed by atoms with Gasteiger partial charge in [0.2, 0.25) is 18.3 Å². The van der Waals surface area contributed by atoms with E-state index in [1.807, 2.05) is 0 Å². The van der Waals surface area contributed by atoms with E-state index < -0.39 is 18.3 Å². The Hall–Kier alpha value is -1.01. The molecule has 1 aromatic carbocycles. The van der Waals surface area contributed by atoms with Crippen molar-refractivity contribution in [2.45, 2.75) is 38.9 Å². The van der Waals surface area contributed by atoms with Gasteiger partial charge in [-0.15, -0.1) is 0 Å². The van der Waals surface area contributed by atoms with E-state index in [1.165, 1.54) is 0 Å². The summed E-state index contributed by atoms with van der Waals surface area (Å²) in [6.07, 6.45) is 1.13. The number of rotatable bonds is 4. The molecule has 0 unspecified atom stereocenters. The highest BCUT2D eigenvalue weighted by Crippen LogP contribution is 2.37. The van der Waals surface area contributed by atoms with E-state index in [0.29, 0.717) is 5.69 Å². The van der Waals surface area contributed by atoms with Gasteiger partial charge >= 0.3 is 0 Å². The van der Waals surface area contributed by atoms with Gasteiger partial charge in [0.05, 0.1) is 6.26 Å². The van der Waals surface area contributed by atoms with Crippen molar-refractivity contribution in [2.24, 2.45) is 0 Å². The molecule has 4 nitrogen and oxygen atoms in total. The van der Waals surface area contributed by atoms with Crippen LogP contribution in [0.4, 0.5) is 5.69 Å². The van der Waals surface area contributed by atoms with Crippen LogP contribution in [0.1, 0.15) is 20.8 Å². The van der Waals surface area contributed by atoms with Gasteiger partial charge < -0.3 is 4.43 Å². The first-order valence-corrected chi connectivity index (χ1v) is 11.0. The Balaban J connectivity index is 2.84. The summed E-state index contributed by atoms with van der Waals surface area (Å²) in [7, 11) is -5.08. The maximum atomic E-state index is 11.1. The Kier molecular flexibility index (Phi) is 4.36. The molecule has 1 aromatic rings. The summed E-state index contributed by atoms with van der Waals surface area (Å²) < 4.78 is 30.8. The van der Waals surface area contributed by atoms with Crippen molar-refractivity contribution in [3.05, 3.63) is 24.3 Å². The molecule has 0 saturated heterocycles. The first-order chi connectivity index (χ1) is 8.41. The Labute approximate surface area is 117 Å². The van der Waals surface area contributed by atoms with E-state index in [0.717, 1.165) is 12.0 Å². The lowest BCUT2D eigenvalue weighted by molar-refractivity contribution is 0.492. The molecular weight excluding hydrogens is 278 g/mol. The zero-order valence-corrected chi connectivity index (χ0v) is 14.3. The summed E-state index contributed by atoms with van der Waals surface area (Å²) in [4.78, 5) is 0. The monoisotopic (exact) mass is 301 g/mol. The fraction of sp³-hybridized carbons (Fsp3) is 0.538. The molecule has 0 spiro atoms. The first-order valence-electron chi connectivity index (χ1n) is 6.18. The van der Waals surface area contributed by atoms with Crippen LogP contribution in [0.2, 0.25) is 18.1 Å². The molecule has 0 aliphatic heterocycles. The number of sulfonamides is 1. The molecule has 0 amide bonds. The number of hydrogen-bond donors (Lipinski definition) is 1. The summed E-state index contributed by atoms with van der Waals surface area (Å²) >= 11 is 0. The van der Waals surface area contributed by atoms with Gasteiger partial charge in [0.1, 0.15) is 5.75 Å². The highest BCUT2D eigenvalue weighted by molar-refractivity contribution is 7.92. The van der Waals surface area contributed by atoms with Crippen molar-refractivity contribution >= 4 is 24.0 Å². The second-order valence-electron chi connectivity index (χ2n) is 6.26. The molecule has 0 aromatic heterocycles. The van der Waals surface area contributed by atoms with Gasteiger partial charge in [-0.3, -0.25) is 4.72 Å². The van der Waals surface area contributed by atoms with Crippen LogP contribution in [0.25, 0.3) is 0 Å². The smallest absolute Gasteiger partial charge is 0.250 e. The second kappa shape index (κ2) is 5.17. The van der Waals surface area contributed by atoms with Crippen LogP contribution in [-0.2, 0) is 10.0 Å². The molecule has 1 rings (SSSR count). The summed E-state index contributed by atoms with van der Waals surface area (Å²) in [6.45, 7) is 10.9. The van der Waals surface area contributed by atoms with Gasteiger partial charge in [0.15, 0.2) is 0 Å². The SMILES string of the molecule is CC(C)(C)[Si](C)(C)Oc1ccc(NS(C)(=O)=O)cc1. The third-order valence-electron chi connectivity index (χ3n) is 3.34. The zero-order chi connectivity index (χ0) is 14.9. The van der Waals surface area contributed by atoms with E-state index in [1.54, 1.807) is 24.3 Å². The van der Waals surface area contributed by atoms with Crippen LogP contribution in [0, 0.1) is 0 Å². The van der Waals surface area contributed by atoms with Gasteiger partial charge in [0, 0.05) is 5.69 Å². The Bertz CT molecular complexity index is 530. The van der Waals surface area contributed by atoms with E-state index >= 15 is 0 Å². The number of benzene rings is 1. The molecule has 1 N–H and O–H groups in total. The van der Waals surface area contributed by atoms with E-state index in [4.69, 9.17) is 4.43 Å². The fourth-order valence-corrected chi connectivity index (χ4v) is 2.85. The molecule has 0 saturated carbocycles. The predicted octanol–water partition coefficient (Wildman–Crippen LogP) is 3.44. The van der Waals surface area contributed by atoms with Crippen LogP contribution in [0.5, 0.6) is 5.75 Å². The van der Waals surface area contributed by atoms with Crippen molar-refractivity contribution in [1.29, 1.82) is 0 Å². The second-order valence-corrected chi connectivity index (χ2v) is 12.7. The minimum atomic E-state index is -3.23. The van der Waals surface area contributed by atoms with E-state index in [2.05, 4.69) is 38.6 Å². The average molecular weight is 301 g/mol. The van der Waals surface area contributed by atoms with E-state index in [-0.39, 0.29) is 5.04 Å². The van der Waals surface area contributed by atoms with Crippen molar-refractivity contribution in [3.63, 3.8) is 0 Å². The molecule has 0 aliphatic rings. The van der Waals surface area contributed by atoms with Crippen molar-refractivity contribution in [3.8, 4) is 5.75 Å². The van der Waals surface area contributed by atoms with Crippen LogP contribution < -0.4 is 9.15 Å². The molecule has 0 aliphatic carbocycles. The van der Waals surface area contributed by atoms with Crippen LogP contribution >= 0.6 is 0 Å². The maximum absolute atomic E-state index is 11.1. The highest BCUT2D eigenvalue weighted by Gasteiger charge is 2.38. The zero-order valence-electron chi connectivity index (χ0n) is 12.4. The normalized spacial score (nSPS) is 13.2. The first kappa shape index (κ1) is 16.0. The summed E-state index contributed by atoms with van der Waals surface area (Å²) in [5.74, 6) is 0.783. The molecular formula is C13H23NO3SSi. The van der Waals surface area contributed by atoms with Gasteiger partial charge in [0.25, 0.3) is 0 Å². The molecule has 0 atom stereocenters. The van der Waals surface area contributed by atoms with E-state index in [9.17, 15) is 8.42 Å².